The first kappa shape index (κ1) is 16.1. The molecule has 0 bridgehead atoms. The lowest BCUT2D eigenvalue weighted by atomic mass is 9.97. The Kier molecular flexibility index (Phi) is 5.90. The smallest absolute Gasteiger partial charge is 0.183 e. The lowest BCUT2D eigenvalue weighted by Crippen LogP contribution is -2.53. The van der Waals surface area contributed by atoms with Crippen LogP contribution < -0.4 is 0 Å². The molecular weight excluding hydrogens is 272 g/mol. The van der Waals surface area contributed by atoms with Crippen LogP contribution in [-0.4, -0.2) is 50.5 Å². The van der Waals surface area contributed by atoms with Gasteiger partial charge in [-0.05, 0) is 5.56 Å². The summed E-state index contributed by atoms with van der Waals surface area (Å²) in [6, 6.07) is 9.79. The molecule has 0 spiro atoms. The second kappa shape index (κ2) is 7.68. The van der Waals surface area contributed by atoms with Gasteiger partial charge in [0.25, 0.3) is 0 Å². The van der Waals surface area contributed by atoms with Gasteiger partial charge in [-0.1, -0.05) is 36.9 Å². The minimum absolute atomic E-state index is 0.170. The van der Waals surface area contributed by atoms with Crippen LogP contribution in [0.3, 0.4) is 0 Å². The number of methoxy groups -OCH3 is 2. The Labute approximate surface area is 125 Å². The quantitative estimate of drug-likeness (QED) is 0.806. The monoisotopic (exact) mass is 294 g/mol. The van der Waals surface area contributed by atoms with Crippen LogP contribution in [0.4, 0.5) is 0 Å². The van der Waals surface area contributed by atoms with Crippen LogP contribution in [0.15, 0.2) is 42.5 Å². The van der Waals surface area contributed by atoms with Crippen molar-refractivity contribution in [3.63, 3.8) is 0 Å². The predicted octanol–water partition coefficient (Wildman–Crippen LogP) is 1.51. The summed E-state index contributed by atoms with van der Waals surface area (Å²) in [7, 11) is 3.14. The van der Waals surface area contributed by atoms with E-state index in [4.69, 9.17) is 18.9 Å². The van der Waals surface area contributed by atoms with Gasteiger partial charge in [0, 0.05) is 19.8 Å². The van der Waals surface area contributed by atoms with Gasteiger partial charge in [-0.25, -0.2) is 0 Å². The zero-order valence-corrected chi connectivity index (χ0v) is 12.4. The van der Waals surface area contributed by atoms with E-state index in [1.54, 1.807) is 14.2 Å². The summed E-state index contributed by atoms with van der Waals surface area (Å²) in [5.74, 6) is 0. The number of aliphatic hydroxyl groups is 1. The Balaban J connectivity index is 2.04. The van der Waals surface area contributed by atoms with E-state index in [9.17, 15) is 5.11 Å². The van der Waals surface area contributed by atoms with Gasteiger partial charge in [-0.15, -0.1) is 0 Å². The number of hydrogen-bond acceptors (Lipinski definition) is 5. The Morgan fingerprint density at radius 3 is 2.48 bits per heavy atom. The SMILES string of the molecule is C=C1[C@@H](OCc2ccccc2)O[C@H](CO)[C@@H](OC)[C@@H]1OC. The number of aliphatic hydroxyl groups excluding tert-OH is 1. The highest BCUT2D eigenvalue weighted by Crippen LogP contribution is 2.29. The molecule has 5 heteroatoms. The Morgan fingerprint density at radius 1 is 1.19 bits per heavy atom. The zero-order chi connectivity index (χ0) is 15.2. The molecule has 0 saturated carbocycles. The van der Waals surface area contributed by atoms with Crippen molar-refractivity contribution in [3.05, 3.63) is 48.0 Å². The molecule has 1 heterocycles. The van der Waals surface area contributed by atoms with Crippen molar-refractivity contribution in [3.8, 4) is 0 Å². The van der Waals surface area contributed by atoms with Crippen LogP contribution in [0.2, 0.25) is 0 Å². The Morgan fingerprint density at radius 2 is 1.90 bits per heavy atom. The maximum atomic E-state index is 9.45. The van der Waals surface area contributed by atoms with Crippen LogP contribution in [0.5, 0.6) is 0 Å². The molecule has 5 nitrogen and oxygen atoms in total. The third-order valence-corrected chi connectivity index (χ3v) is 3.58. The fourth-order valence-corrected chi connectivity index (χ4v) is 2.46. The molecule has 2 rings (SSSR count). The van der Waals surface area contributed by atoms with Crippen molar-refractivity contribution in [1.29, 1.82) is 0 Å². The third-order valence-electron chi connectivity index (χ3n) is 3.58. The summed E-state index contributed by atoms with van der Waals surface area (Å²) >= 11 is 0. The van der Waals surface area contributed by atoms with E-state index in [-0.39, 0.29) is 12.7 Å². The topological polar surface area (TPSA) is 57.2 Å². The van der Waals surface area contributed by atoms with Gasteiger partial charge in [-0.2, -0.15) is 0 Å². The minimum Gasteiger partial charge on any atom is -0.394 e. The van der Waals surface area contributed by atoms with Crippen molar-refractivity contribution < 1.29 is 24.1 Å². The predicted molar refractivity (Wildman–Crippen MR) is 77.7 cm³/mol. The number of rotatable bonds is 6. The highest BCUT2D eigenvalue weighted by atomic mass is 16.7. The molecule has 21 heavy (non-hydrogen) atoms. The summed E-state index contributed by atoms with van der Waals surface area (Å²) in [5.41, 5.74) is 1.70. The van der Waals surface area contributed by atoms with E-state index in [1.165, 1.54) is 0 Å². The van der Waals surface area contributed by atoms with Gasteiger partial charge < -0.3 is 24.1 Å². The van der Waals surface area contributed by atoms with Crippen LogP contribution in [0.25, 0.3) is 0 Å². The normalized spacial score (nSPS) is 29.6. The molecule has 0 aromatic heterocycles. The molecule has 0 amide bonds. The fourth-order valence-electron chi connectivity index (χ4n) is 2.46. The van der Waals surface area contributed by atoms with Crippen LogP contribution in [0, 0.1) is 0 Å². The van der Waals surface area contributed by atoms with E-state index in [1.807, 2.05) is 30.3 Å². The van der Waals surface area contributed by atoms with Crippen molar-refractivity contribution >= 4 is 0 Å². The average Bonchev–Trinajstić information content (AvgIpc) is 2.54. The van der Waals surface area contributed by atoms with Crippen LogP contribution >= 0.6 is 0 Å². The van der Waals surface area contributed by atoms with Gasteiger partial charge >= 0.3 is 0 Å². The maximum Gasteiger partial charge on any atom is 0.183 e. The van der Waals surface area contributed by atoms with Crippen molar-refractivity contribution in [2.75, 3.05) is 20.8 Å². The summed E-state index contributed by atoms with van der Waals surface area (Å²) in [6.07, 6.45) is -1.91. The van der Waals surface area contributed by atoms with Crippen LogP contribution in [0.1, 0.15) is 5.56 Å². The number of hydrogen-bond donors (Lipinski definition) is 1. The molecule has 1 saturated heterocycles. The molecule has 1 aliphatic rings. The highest BCUT2D eigenvalue weighted by Gasteiger charge is 2.42. The summed E-state index contributed by atoms with van der Waals surface area (Å²) in [5, 5.41) is 9.45. The molecule has 116 valence electrons. The fraction of sp³-hybridized carbons (Fsp3) is 0.500. The Bertz CT molecular complexity index is 447. The number of benzene rings is 1. The minimum atomic E-state index is -0.626. The molecule has 1 aliphatic heterocycles. The second-order valence-corrected chi connectivity index (χ2v) is 4.92. The maximum absolute atomic E-state index is 9.45. The molecule has 1 fully saturated rings. The molecule has 0 aliphatic carbocycles. The lowest BCUT2D eigenvalue weighted by Gasteiger charge is -2.41. The molecule has 1 aromatic carbocycles. The molecule has 4 atom stereocenters. The van der Waals surface area contributed by atoms with E-state index in [0.29, 0.717) is 12.2 Å². The second-order valence-electron chi connectivity index (χ2n) is 4.92. The molecule has 1 aromatic rings. The number of ether oxygens (including phenoxy) is 4. The van der Waals surface area contributed by atoms with E-state index < -0.39 is 18.5 Å². The first-order valence-electron chi connectivity index (χ1n) is 6.87. The first-order valence-corrected chi connectivity index (χ1v) is 6.87. The van der Waals surface area contributed by atoms with Gasteiger partial charge in [0.05, 0.1) is 13.2 Å². The zero-order valence-electron chi connectivity index (χ0n) is 12.4. The van der Waals surface area contributed by atoms with Crippen molar-refractivity contribution in [1.82, 2.24) is 0 Å². The van der Waals surface area contributed by atoms with Crippen molar-refractivity contribution in [2.24, 2.45) is 0 Å². The molecule has 0 unspecified atom stereocenters. The third kappa shape index (κ3) is 3.70. The van der Waals surface area contributed by atoms with Crippen LogP contribution in [-0.2, 0) is 25.6 Å². The van der Waals surface area contributed by atoms with E-state index in [2.05, 4.69) is 6.58 Å². The molecule has 0 radical (unpaired) electrons. The van der Waals surface area contributed by atoms with Gasteiger partial charge in [0.1, 0.15) is 18.3 Å². The molecular formula is C16H22O5. The molecule has 1 N–H and O–H groups in total. The lowest BCUT2D eigenvalue weighted by molar-refractivity contribution is -0.237. The Hall–Kier alpha value is -1.24. The average molecular weight is 294 g/mol. The standard InChI is InChI=1S/C16H22O5/c1-11-14(18-2)15(19-3)13(9-17)21-16(11)20-10-12-7-5-4-6-8-12/h4-8,13-17H,1,9-10H2,2-3H3/t13-,14-,15-,16+/m1/s1. The van der Waals surface area contributed by atoms with E-state index in [0.717, 1.165) is 5.56 Å². The first-order chi connectivity index (χ1) is 10.2. The highest BCUT2D eigenvalue weighted by molar-refractivity contribution is 5.16. The van der Waals surface area contributed by atoms with Crippen molar-refractivity contribution in [2.45, 2.75) is 31.2 Å². The largest absolute Gasteiger partial charge is 0.394 e. The summed E-state index contributed by atoms with van der Waals surface area (Å²) in [4.78, 5) is 0. The van der Waals surface area contributed by atoms with Gasteiger partial charge in [0.2, 0.25) is 0 Å². The summed E-state index contributed by atoms with van der Waals surface area (Å²) < 4.78 is 22.3. The summed E-state index contributed by atoms with van der Waals surface area (Å²) in [6.45, 7) is 4.22. The van der Waals surface area contributed by atoms with E-state index >= 15 is 0 Å². The van der Waals surface area contributed by atoms with Gasteiger partial charge in [0.15, 0.2) is 6.29 Å². The van der Waals surface area contributed by atoms with Gasteiger partial charge in [-0.3, -0.25) is 0 Å².